The molecule has 2 aliphatic rings. The number of carbonyl (C=O) groups is 2. The smallest absolute Gasteiger partial charge is 0.272 e. The van der Waals surface area contributed by atoms with Gasteiger partial charge in [-0.25, -0.2) is 0 Å². The Morgan fingerprint density at radius 2 is 1.63 bits per heavy atom. The third-order valence-corrected chi connectivity index (χ3v) is 8.96. The molecule has 6 heteroatoms. The molecule has 41 heavy (non-hydrogen) atoms. The van der Waals surface area contributed by atoms with Crippen molar-refractivity contribution < 1.29 is 14.3 Å². The number of nitrogens with zero attached hydrogens (tertiary/aromatic N) is 2. The number of methoxy groups -OCH3 is 1. The third kappa shape index (κ3) is 5.01. The van der Waals surface area contributed by atoms with Gasteiger partial charge in [-0.1, -0.05) is 92.8 Å². The molecule has 212 valence electrons. The van der Waals surface area contributed by atoms with Crippen LogP contribution in [-0.2, 0) is 23.4 Å². The van der Waals surface area contributed by atoms with E-state index >= 15 is 0 Å². The molecular formula is C35H39N3O3. The largest absolute Gasteiger partial charge is 0.496 e. The first-order valence-corrected chi connectivity index (χ1v) is 14.9. The second-order valence-corrected chi connectivity index (χ2v) is 11.6. The Balaban J connectivity index is 1.53. The lowest BCUT2D eigenvalue weighted by Crippen LogP contribution is -2.64. The number of hydrogen-bond acceptors (Lipinski definition) is 3. The van der Waals surface area contributed by atoms with E-state index in [1.54, 1.807) is 12.0 Å². The predicted molar refractivity (Wildman–Crippen MR) is 162 cm³/mol. The monoisotopic (exact) mass is 549 g/mol. The first kappa shape index (κ1) is 27.1. The fraction of sp³-hybridized carbons (Fsp3) is 0.371. The second kappa shape index (κ2) is 11.4. The normalized spacial score (nSPS) is 19.9. The summed E-state index contributed by atoms with van der Waals surface area (Å²) in [5, 5.41) is 4.47. The van der Waals surface area contributed by atoms with E-state index in [4.69, 9.17) is 4.74 Å². The van der Waals surface area contributed by atoms with Crippen LogP contribution in [0.15, 0.2) is 78.9 Å². The molecule has 3 aromatic carbocycles. The fourth-order valence-electron chi connectivity index (χ4n) is 6.74. The summed E-state index contributed by atoms with van der Waals surface area (Å²) in [5.74, 6) is 0.426. The van der Waals surface area contributed by atoms with Crippen LogP contribution in [0.3, 0.4) is 0 Å². The molecule has 1 aromatic heterocycles. The van der Waals surface area contributed by atoms with Crippen molar-refractivity contribution in [3.05, 3.63) is 101 Å². The van der Waals surface area contributed by atoms with Gasteiger partial charge in [0.15, 0.2) is 5.54 Å². The van der Waals surface area contributed by atoms with E-state index in [-0.39, 0.29) is 24.4 Å². The lowest BCUT2D eigenvalue weighted by molar-refractivity contribution is -0.136. The maximum Gasteiger partial charge on any atom is 0.272 e. The van der Waals surface area contributed by atoms with Gasteiger partial charge in [-0.3, -0.25) is 9.59 Å². The van der Waals surface area contributed by atoms with Crippen molar-refractivity contribution in [1.82, 2.24) is 14.8 Å². The number of ether oxygens (including phenoxy) is 1. The molecule has 4 aromatic rings. The van der Waals surface area contributed by atoms with E-state index in [0.29, 0.717) is 18.0 Å². The van der Waals surface area contributed by atoms with Crippen LogP contribution in [-0.4, -0.2) is 34.4 Å². The standard InChI is InChI=1S/C35H39N3O3/c1-25-19-20-26-22-31-33(39)38(23-27-13-11-12-18-32(27)41-2)35(24-37(31)30(26)21-25,28-14-7-6-8-15-28)34(40)36-29-16-9-4-3-5-10-17-29/h6-8,11-15,18-22,29H,3-5,9-10,16-17,23-24H2,1-2H3,(H,36,40)/t35-/m0/s1. The number of hydrogen-bond donors (Lipinski definition) is 1. The number of carbonyl (C=O) groups excluding carboxylic acids is 2. The summed E-state index contributed by atoms with van der Waals surface area (Å²) in [4.78, 5) is 31.3. The van der Waals surface area contributed by atoms with Gasteiger partial charge in [0.1, 0.15) is 11.4 Å². The molecule has 1 atom stereocenters. The summed E-state index contributed by atoms with van der Waals surface area (Å²) < 4.78 is 7.75. The molecule has 0 radical (unpaired) electrons. The minimum absolute atomic E-state index is 0.0941. The lowest BCUT2D eigenvalue weighted by atomic mass is 9.83. The fourth-order valence-corrected chi connectivity index (χ4v) is 6.74. The molecule has 0 spiro atoms. The van der Waals surface area contributed by atoms with Gasteiger partial charge in [0.05, 0.1) is 20.2 Å². The van der Waals surface area contributed by atoms with Gasteiger partial charge in [-0.15, -0.1) is 0 Å². The van der Waals surface area contributed by atoms with Gasteiger partial charge in [0, 0.05) is 22.5 Å². The maximum atomic E-state index is 14.9. The Bertz CT molecular complexity index is 1550. The molecule has 0 saturated heterocycles. The third-order valence-electron chi connectivity index (χ3n) is 8.96. The van der Waals surface area contributed by atoms with Gasteiger partial charge < -0.3 is 19.5 Å². The maximum absolute atomic E-state index is 14.9. The predicted octanol–water partition coefficient (Wildman–Crippen LogP) is 6.74. The lowest BCUT2D eigenvalue weighted by Gasteiger charge is -2.47. The zero-order chi connectivity index (χ0) is 28.4. The van der Waals surface area contributed by atoms with Crippen molar-refractivity contribution in [2.75, 3.05) is 7.11 Å². The van der Waals surface area contributed by atoms with Crippen molar-refractivity contribution in [3.8, 4) is 5.75 Å². The van der Waals surface area contributed by atoms with Crippen LogP contribution in [0.2, 0.25) is 0 Å². The summed E-state index contributed by atoms with van der Waals surface area (Å²) >= 11 is 0. The molecule has 2 heterocycles. The Morgan fingerprint density at radius 1 is 0.927 bits per heavy atom. The highest BCUT2D eigenvalue weighted by molar-refractivity contribution is 6.04. The van der Waals surface area contributed by atoms with Gasteiger partial charge in [-0.05, 0) is 49.1 Å². The Morgan fingerprint density at radius 3 is 2.39 bits per heavy atom. The number of benzene rings is 3. The number of nitrogens with one attached hydrogen (secondary N) is 1. The van der Waals surface area contributed by atoms with Crippen LogP contribution in [0.1, 0.15) is 72.1 Å². The van der Waals surface area contributed by atoms with E-state index in [9.17, 15) is 9.59 Å². The van der Waals surface area contributed by atoms with Crippen molar-refractivity contribution >= 4 is 22.7 Å². The van der Waals surface area contributed by atoms with Gasteiger partial charge in [-0.2, -0.15) is 0 Å². The number of aromatic nitrogens is 1. The van der Waals surface area contributed by atoms with E-state index in [1.807, 2.05) is 60.7 Å². The summed E-state index contributed by atoms with van der Waals surface area (Å²) in [6.45, 7) is 2.64. The molecular weight excluding hydrogens is 510 g/mol. The van der Waals surface area contributed by atoms with Crippen LogP contribution >= 0.6 is 0 Å². The summed E-state index contributed by atoms with van der Waals surface area (Å²) in [6, 6.07) is 25.9. The number of amides is 2. The van der Waals surface area contributed by atoms with Crippen LogP contribution in [0.5, 0.6) is 5.75 Å². The highest BCUT2D eigenvalue weighted by atomic mass is 16.5. The SMILES string of the molecule is COc1ccccc1CN1C(=O)c2cc3ccc(C)cc3n2C[C@@]1(C(=O)NC1CCCCCCC1)c1ccccc1. The van der Waals surface area contributed by atoms with Gasteiger partial charge >= 0.3 is 0 Å². The summed E-state index contributed by atoms with van der Waals surface area (Å²) in [7, 11) is 1.64. The topological polar surface area (TPSA) is 63.6 Å². The Labute approximate surface area is 242 Å². The molecule has 6 rings (SSSR count). The summed E-state index contributed by atoms with van der Waals surface area (Å²) in [6.07, 6.45) is 7.82. The van der Waals surface area contributed by atoms with Crippen LogP contribution in [0.25, 0.3) is 10.9 Å². The van der Waals surface area contributed by atoms with E-state index in [0.717, 1.165) is 53.3 Å². The van der Waals surface area contributed by atoms with Crippen molar-refractivity contribution in [2.45, 2.75) is 76.5 Å². The Hall–Kier alpha value is -4.06. The first-order chi connectivity index (χ1) is 20.0. The van der Waals surface area contributed by atoms with Crippen molar-refractivity contribution in [2.24, 2.45) is 0 Å². The van der Waals surface area contributed by atoms with Gasteiger partial charge in [0.2, 0.25) is 0 Å². The molecule has 0 unspecified atom stereocenters. The highest BCUT2D eigenvalue weighted by Crippen LogP contribution is 2.41. The molecule has 1 fully saturated rings. The number of para-hydroxylation sites is 1. The molecule has 6 nitrogen and oxygen atoms in total. The minimum Gasteiger partial charge on any atom is -0.496 e. The zero-order valence-corrected chi connectivity index (χ0v) is 24.1. The van der Waals surface area contributed by atoms with E-state index in [2.05, 4.69) is 35.0 Å². The molecule has 1 N–H and O–H groups in total. The molecule has 1 aliphatic heterocycles. The van der Waals surface area contributed by atoms with Crippen LogP contribution < -0.4 is 10.1 Å². The number of aryl methyl sites for hydroxylation is 1. The molecule has 0 bridgehead atoms. The Kier molecular flexibility index (Phi) is 7.57. The number of fused-ring (bicyclic) bond motifs is 3. The zero-order valence-electron chi connectivity index (χ0n) is 24.1. The van der Waals surface area contributed by atoms with Crippen molar-refractivity contribution in [1.29, 1.82) is 0 Å². The average molecular weight is 550 g/mol. The quantitative estimate of drug-likeness (QED) is 0.290. The molecule has 1 saturated carbocycles. The van der Waals surface area contributed by atoms with Crippen molar-refractivity contribution in [3.63, 3.8) is 0 Å². The minimum atomic E-state index is -1.25. The second-order valence-electron chi connectivity index (χ2n) is 11.6. The van der Waals surface area contributed by atoms with Crippen LogP contribution in [0.4, 0.5) is 0 Å². The average Bonchev–Trinajstić information content (AvgIpc) is 3.34. The molecule has 1 aliphatic carbocycles. The highest BCUT2D eigenvalue weighted by Gasteiger charge is 2.53. The van der Waals surface area contributed by atoms with Gasteiger partial charge in [0.25, 0.3) is 11.8 Å². The summed E-state index contributed by atoms with van der Waals surface area (Å²) in [5.41, 5.74) is 3.13. The number of rotatable bonds is 6. The molecule has 2 amide bonds. The van der Waals surface area contributed by atoms with E-state index < -0.39 is 5.54 Å². The first-order valence-electron chi connectivity index (χ1n) is 14.9. The van der Waals surface area contributed by atoms with E-state index in [1.165, 1.54) is 19.3 Å². The van der Waals surface area contributed by atoms with Crippen LogP contribution in [0, 0.1) is 6.92 Å².